The summed E-state index contributed by atoms with van der Waals surface area (Å²) < 4.78 is 5.54. The molecule has 1 aliphatic heterocycles. The van der Waals surface area contributed by atoms with E-state index < -0.39 is 0 Å². The summed E-state index contributed by atoms with van der Waals surface area (Å²) in [6, 6.07) is 3.53. The van der Waals surface area contributed by atoms with Gasteiger partial charge in [0.1, 0.15) is 5.82 Å². The molecule has 0 spiro atoms. The zero-order valence-electron chi connectivity index (χ0n) is 13.6. The second-order valence-corrected chi connectivity index (χ2v) is 6.55. The fourth-order valence-corrected chi connectivity index (χ4v) is 2.81. The van der Waals surface area contributed by atoms with Crippen molar-refractivity contribution in [2.24, 2.45) is 11.8 Å². The van der Waals surface area contributed by atoms with E-state index in [-0.39, 0.29) is 23.8 Å². The molecule has 1 saturated heterocycles. The molecule has 6 heteroatoms. The number of carbonyl (C=O) groups excluding carboxylic acids is 2. The molecular formula is C17H23N3O3. The second-order valence-electron chi connectivity index (χ2n) is 6.55. The van der Waals surface area contributed by atoms with Crippen molar-refractivity contribution >= 4 is 17.6 Å². The van der Waals surface area contributed by atoms with Crippen LogP contribution in [0.1, 0.15) is 37.0 Å². The van der Waals surface area contributed by atoms with Gasteiger partial charge in [0.2, 0.25) is 5.91 Å². The zero-order chi connectivity index (χ0) is 16.4. The fraction of sp³-hybridized carbons (Fsp3) is 0.588. The van der Waals surface area contributed by atoms with Crippen molar-refractivity contribution in [3.8, 4) is 0 Å². The van der Waals surface area contributed by atoms with Gasteiger partial charge >= 0.3 is 0 Å². The summed E-state index contributed by atoms with van der Waals surface area (Å²) in [5.74, 6) is 0.749. The first-order valence-electron chi connectivity index (χ1n) is 8.22. The molecule has 2 aliphatic rings. The topological polar surface area (TPSA) is 71.5 Å². The summed E-state index contributed by atoms with van der Waals surface area (Å²) >= 11 is 0. The third-order valence-electron chi connectivity index (χ3n) is 4.38. The third kappa shape index (κ3) is 3.69. The van der Waals surface area contributed by atoms with Crippen LogP contribution in [0.3, 0.4) is 0 Å². The van der Waals surface area contributed by atoms with Gasteiger partial charge in [-0.25, -0.2) is 4.98 Å². The van der Waals surface area contributed by atoms with E-state index in [2.05, 4.69) is 10.3 Å². The lowest BCUT2D eigenvalue weighted by Crippen LogP contribution is -2.49. The normalized spacial score (nSPS) is 21.3. The zero-order valence-corrected chi connectivity index (χ0v) is 13.6. The average molecular weight is 317 g/mol. The predicted octanol–water partition coefficient (Wildman–Crippen LogP) is 1.93. The largest absolute Gasteiger partial charge is 0.377 e. The molecule has 0 radical (unpaired) electrons. The van der Waals surface area contributed by atoms with Gasteiger partial charge in [0.15, 0.2) is 0 Å². The molecule has 1 aromatic rings. The molecule has 1 unspecified atom stereocenters. The summed E-state index contributed by atoms with van der Waals surface area (Å²) in [5.41, 5.74) is 0.562. The Kier molecular flexibility index (Phi) is 4.61. The fourth-order valence-electron chi connectivity index (χ4n) is 2.81. The highest BCUT2D eigenvalue weighted by molar-refractivity contribution is 5.97. The van der Waals surface area contributed by atoms with Crippen LogP contribution >= 0.6 is 0 Å². The van der Waals surface area contributed by atoms with E-state index in [1.165, 1.54) is 12.8 Å². The number of amides is 2. The number of hydrogen-bond donors (Lipinski definition) is 1. The number of anilines is 1. The van der Waals surface area contributed by atoms with Crippen LogP contribution in [0.4, 0.5) is 5.82 Å². The Hall–Kier alpha value is -1.95. The van der Waals surface area contributed by atoms with E-state index in [1.807, 2.05) is 18.7 Å². The minimum absolute atomic E-state index is 0.00681. The summed E-state index contributed by atoms with van der Waals surface area (Å²) in [4.78, 5) is 30.7. The minimum atomic E-state index is -0.130. The number of ether oxygens (including phenoxy) is 1. The Morgan fingerprint density at radius 2 is 2.17 bits per heavy atom. The number of aromatic nitrogens is 1. The van der Waals surface area contributed by atoms with Gasteiger partial charge in [0, 0.05) is 24.2 Å². The Morgan fingerprint density at radius 3 is 2.87 bits per heavy atom. The van der Waals surface area contributed by atoms with Crippen molar-refractivity contribution in [2.75, 3.05) is 25.1 Å². The van der Waals surface area contributed by atoms with E-state index >= 15 is 0 Å². The van der Waals surface area contributed by atoms with Crippen LogP contribution < -0.4 is 5.32 Å². The number of morpholine rings is 1. The van der Waals surface area contributed by atoms with E-state index in [4.69, 9.17) is 4.74 Å². The third-order valence-corrected chi connectivity index (χ3v) is 4.38. The quantitative estimate of drug-likeness (QED) is 0.921. The summed E-state index contributed by atoms with van der Waals surface area (Å²) in [7, 11) is 0. The van der Waals surface area contributed by atoms with E-state index in [0.29, 0.717) is 37.1 Å². The summed E-state index contributed by atoms with van der Waals surface area (Å²) in [6.07, 6.45) is 3.91. The lowest BCUT2D eigenvalue weighted by atomic mass is 10.1. The molecule has 1 aromatic heterocycles. The molecule has 2 fully saturated rings. The molecule has 3 rings (SSSR count). The van der Waals surface area contributed by atoms with Gasteiger partial charge in [-0.05, 0) is 30.9 Å². The maximum atomic E-state index is 12.8. The van der Waals surface area contributed by atoms with Gasteiger partial charge in [-0.3, -0.25) is 9.59 Å². The molecule has 2 heterocycles. The molecule has 1 N–H and O–H groups in total. The predicted molar refractivity (Wildman–Crippen MR) is 86.1 cm³/mol. The Balaban J connectivity index is 1.74. The van der Waals surface area contributed by atoms with E-state index in [0.717, 1.165) is 0 Å². The summed E-state index contributed by atoms with van der Waals surface area (Å²) in [6.45, 7) is 5.46. The molecule has 23 heavy (non-hydrogen) atoms. The first-order valence-corrected chi connectivity index (χ1v) is 8.22. The first kappa shape index (κ1) is 15.9. The lowest BCUT2D eigenvalue weighted by molar-refractivity contribution is -0.118. The lowest BCUT2D eigenvalue weighted by Gasteiger charge is -2.36. The average Bonchev–Trinajstić information content (AvgIpc) is 3.39. The maximum absolute atomic E-state index is 12.8. The Morgan fingerprint density at radius 1 is 1.39 bits per heavy atom. The van der Waals surface area contributed by atoms with Crippen molar-refractivity contribution in [2.45, 2.75) is 32.7 Å². The smallest absolute Gasteiger partial charge is 0.254 e. The standard InChI is InChI=1S/C17H23N3O3/c1-11(2)16(21)19-15-9-13(5-6-18-15)17(22)20-7-8-23-10-14(20)12-3-4-12/h5-6,9,11-12,14H,3-4,7-8,10H2,1-2H3,(H,18,19,21). The number of nitrogens with one attached hydrogen (secondary N) is 1. The highest BCUT2D eigenvalue weighted by Gasteiger charge is 2.39. The molecule has 1 saturated carbocycles. The molecule has 1 atom stereocenters. The first-order chi connectivity index (χ1) is 11.1. The van der Waals surface area contributed by atoms with Crippen LogP contribution in [0.5, 0.6) is 0 Å². The second kappa shape index (κ2) is 6.66. The van der Waals surface area contributed by atoms with E-state index in [1.54, 1.807) is 18.3 Å². The van der Waals surface area contributed by atoms with Crippen molar-refractivity contribution in [1.29, 1.82) is 0 Å². The molecule has 1 aliphatic carbocycles. The molecule has 6 nitrogen and oxygen atoms in total. The van der Waals surface area contributed by atoms with Crippen molar-refractivity contribution in [3.63, 3.8) is 0 Å². The van der Waals surface area contributed by atoms with Crippen LogP contribution in [0.15, 0.2) is 18.3 Å². The number of pyridine rings is 1. The van der Waals surface area contributed by atoms with E-state index in [9.17, 15) is 9.59 Å². The molecule has 0 bridgehead atoms. The molecule has 2 amide bonds. The molecular weight excluding hydrogens is 294 g/mol. The van der Waals surface area contributed by atoms with Crippen LogP contribution in [-0.2, 0) is 9.53 Å². The van der Waals surface area contributed by atoms with Gasteiger partial charge in [-0.1, -0.05) is 13.8 Å². The van der Waals surface area contributed by atoms with Crippen LogP contribution in [0.25, 0.3) is 0 Å². The highest BCUT2D eigenvalue weighted by atomic mass is 16.5. The highest BCUT2D eigenvalue weighted by Crippen LogP contribution is 2.37. The van der Waals surface area contributed by atoms with Crippen molar-refractivity contribution < 1.29 is 14.3 Å². The SMILES string of the molecule is CC(C)C(=O)Nc1cc(C(=O)N2CCOCC2C2CC2)ccn1. The minimum Gasteiger partial charge on any atom is -0.377 e. The number of hydrogen-bond acceptors (Lipinski definition) is 4. The summed E-state index contributed by atoms with van der Waals surface area (Å²) in [5, 5.41) is 2.74. The van der Waals surface area contributed by atoms with Crippen LogP contribution in [-0.4, -0.2) is 47.5 Å². The van der Waals surface area contributed by atoms with Gasteiger partial charge in [0.05, 0.1) is 19.3 Å². The van der Waals surface area contributed by atoms with Gasteiger partial charge < -0.3 is 15.0 Å². The van der Waals surface area contributed by atoms with Crippen molar-refractivity contribution in [1.82, 2.24) is 9.88 Å². The van der Waals surface area contributed by atoms with Gasteiger partial charge in [0.25, 0.3) is 5.91 Å². The Bertz CT molecular complexity index is 599. The number of nitrogens with zero attached hydrogens (tertiary/aromatic N) is 2. The Labute approximate surface area is 136 Å². The van der Waals surface area contributed by atoms with Gasteiger partial charge in [-0.15, -0.1) is 0 Å². The van der Waals surface area contributed by atoms with Crippen LogP contribution in [0.2, 0.25) is 0 Å². The number of rotatable bonds is 4. The maximum Gasteiger partial charge on any atom is 0.254 e. The van der Waals surface area contributed by atoms with Gasteiger partial charge in [-0.2, -0.15) is 0 Å². The molecule has 124 valence electrons. The molecule has 0 aromatic carbocycles. The monoisotopic (exact) mass is 317 g/mol. The number of carbonyl (C=O) groups is 2. The van der Waals surface area contributed by atoms with Crippen molar-refractivity contribution in [3.05, 3.63) is 23.9 Å². The van der Waals surface area contributed by atoms with Crippen LogP contribution in [0, 0.1) is 11.8 Å².